The van der Waals surface area contributed by atoms with Gasteiger partial charge in [0.1, 0.15) is 6.29 Å². The number of nitrogens with two attached hydrogens (primary N) is 1. The van der Waals surface area contributed by atoms with Gasteiger partial charge in [0.2, 0.25) is 0 Å². The summed E-state index contributed by atoms with van der Waals surface area (Å²) < 4.78 is 0. The van der Waals surface area contributed by atoms with Crippen molar-refractivity contribution in [2.24, 2.45) is 5.73 Å². The van der Waals surface area contributed by atoms with E-state index in [1.165, 1.54) is 0 Å². The molecule has 4 N–H and O–H groups in total. The van der Waals surface area contributed by atoms with Gasteiger partial charge in [0.15, 0.2) is 0 Å². The van der Waals surface area contributed by atoms with Gasteiger partial charge in [-0.25, -0.2) is 0 Å². The van der Waals surface area contributed by atoms with Gasteiger partial charge in [0, 0.05) is 12.4 Å². The summed E-state index contributed by atoms with van der Waals surface area (Å²) in [6.07, 6.45) is 3.47. The van der Waals surface area contributed by atoms with Crippen LogP contribution in [0.5, 0.6) is 0 Å². The van der Waals surface area contributed by atoms with Crippen LogP contribution in [0.3, 0.4) is 0 Å². The van der Waals surface area contributed by atoms with Crippen molar-refractivity contribution in [3.63, 3.8) is 0 Å². The summed E-state index contributed by atoms with van der Waals surface area (Å²) in [6.45, 7) is 0. The highest BCUT2D eigenvalue weighted by atomic mass is 79.9. The van der Waals surface area contributed by atoms with Gasteiger partial charge in [-0.3, -0.25) is 5.73 Å². The molecule has 0 fully saturated rings. The van der Waals surface area contributed by atoms with Crippen LogP contribution in [0.25, 0.3) is 0 Å². The van der Waals surface area contributed by atoms with Crippen LogP contribution in [-0.4, -0.2) is 6.29 Å². The summed E-state index contributed by atoms with van der Waals surface area (Å²) in [6, 6.07) is 0. The van der Waals surface area contributed by atoms with Gasteiger partial charge in [-0.15, -0.1) is 17.0 Å². The van der Waals surface area contributed by atoms with Crippen molar-refractivity contribution in [1.29, 1.82) is 0 Å². The summed E-state index contributed by atoms with van der Waals surface area (Å²) in [7, 11) is 0. The zero-order valence-corrected chi connectivity index (χ0v) is 5.43. The molecule has 1 aliphatic heterocycles. The normalized spacial score (nSPS) is 17.3. The summed E-state index contributed by atoms with van der Waals surface area (Å²) in [4.78, 5) is 0. The first-order chi connectivity index (χ1) is 2.89. The second kappa shape index (κ2) is 2.87. The van der Waals surface area contributed by atoms with Crippen molar-refractivity contribution in [3.05, 3.63) is 12.4 Å². The fourth-order valence-corrected chi connectivity index (χ4v) is 0.352. The van der Waals surface area contributed by atoms with Crippen molar-refractivity contribution < 1.29 is 0 Å². The van der Waals surface area contributed by atoms with Gasteiger partial charge in [-0.05, 0) is 0 Å². The molecule has 3 nitrogen and oxygen atoms in total. The Morgan fingerprint density at radius 3 is 1.86 bits per heavy atom. The molecule has 0 saturated carbocycles. The third-order valence-electron chi connectivity index (χ3n) is 0.635. The van der Waals surface area contributed by atoms with Crippen molar-refractivity contribution in [1.82, 2.24) is 10.6 Å². The molecule has 0 bridgehead atoms. The Morgan fingerprint density at radius 2 is 1.71 bits per heavy atom. The van der Waals surface area contributed by atoms with Crippen LogP contribution in [-0.2, 0) is 0 Å². The molecule has 0 radical (unpaired) electrons. The lowest BCUT2D eigenvalue weighted by Gasteiger charge is -2.00. The quantitative estimate of drug-likeness (QED) is 0.453. The second-order valence-corrected chi connectivity index (χ2v) is 1.14. The minimum atomic E-state index is -0.0648. The van der Waals surface area contributed by atoms with E-state index >= 15 is 0 Å². The van der Waals surface area contributed by atoms with Crippen LogP contribution in [0.15, 0.2) is 12.4 Å². The molecular weight excluding hydrogens is 158 g/mol. The van der Waals surface area contributed by atoms with Gasteiger partial charge < -0.3 is 10.6 Å². The van der Waals surface area contributed by atoms with E-state index in [0.29, 0.717) is 0 Å². The predicted octanol–water partition coefficient (Wildman–Crippen LogP) is -0.529. The average molecular weight is 166 g/mol. The topological polar surface area (TPSA) is 50.1 Å². The van der Waals surface area contributed by atoms with Crippen LogP contribution in [0.1, 0.15) is 0 Å². The standard InChI is InChI=1S/C3H7N3.BrH/c4-3-5-1-2-6-3;/h1-3,5-6H,4H2;1H. The maximum Gasteiger partial charge on any atom is 0.149 e. The lowest BCUT2D eigenvalue weighted by molar-refractivity contribution is 0.596. The molecule has 0 aromatic carbocycles. The summed E-state index contributed by atoms with van der Waals surface area (Å²) in [5, 5.41) is 5.61. The number of hydrogen-bond acceptors (Lipinski definition) is 3. The van der Waals surface area contributed by atoms with E-state index in [0.717, 1.165) is 0 Å². The van der Waals surface area contributed by atoms with E-state index in [2.05, 4.69) is 10.6 Å². The molecular formula is C3H8BrN3. The Kier molecular flexibility index (Phi) is 2.78. The molecule has 0 atom stereocenters. The zero-order valence-electron chi connectivity index (χ0n) is 3.72. The van der Waals surface area contributed by atoms with Crippen molar-refractivity contribution >= 4 is 17.0 Å². The molecule has 42 valence electrons. The van der Waals surface area contributed by atoms with Crippen LogP contribution >= 0.6 is 17.0 Å². The van der Waals surface area contributed by atoms with Gasteiger partial charge in [0.05, 0.1) is 0 Å². The number of halogens is 1. The molecule has 7 heavy (non-hydrogen) atoms. The molecule has 0 aromatic rings. The molecule has 1 aliphatic rings. The highest BCUT2D eigenvalue weighted by Crippen LogP contribution is 1.73. The Bertz CT molecular complexity index is 64.6. The van der Waals surface area contributed by atoms with Crippen LogP contribution in [0, 0.1) is 0 Å². The number of hydrogen-bond donors (Lipinski definition) is 3. The fourth-order valence-electron chi connectivity index (χ4n) is 0.352. The van der Waals surface area contributed by atoms with Crippen molar-refractivity contribution in [3.8, 4) is 0 Å². The SMILES string of the molecule is Br.NC1NC=CN1. The molecule has 0 aliphatic carbocycles. The van der Waals surface area contributed by atoms with E-state index in [-0.39, 0.29) is 23.3 Å². The van der Waals surface area contributed by atoms with E-state index in [1.54, 1.807) is 12.4 Å². The van der Waals surface area contributed by atoms with Crippen LogP contribution in [0.4, 0.5) is 0 Å². The Balaban J connectivity index is 0.000000360. The van der Waals surface area contributed by atoms with Gasteiger partial charge in [0.25, 0.3) is 0 Å². The van der Waals surface area contributed by atoms with Gasteiger partial charge >= 0.3 is 0 Å². The molecule has 0 spiro atoms. The average Bonchev–Trinajstić information content (AvgIpc) is 1.86. The lowest BCUT2D eigenvalue weighted by atomic mass is 10.9. The van der Waals surface area contributed by atoms with Crippen molar-refractivity contribution in [2.75, 3.05) is 0 Å². The Labute approximate surface area is 52.7 Å². The molecule has 0 amide bonds. The Morgan fingerprint density at radius 1 is 1.29 bits per heavy atom. The lowest BCUT2D eigenvalue weighted by Crippen LogP contribution is -2.39. The first kappa shape index (κ1) is 6.78. The van der Waals surface area contributed by atoms with Crippen LogP contribution < -0.4 is 16.4 Å². The molecule has 0 saturated heterocycles. The molecule has 1 heterocycles. The van der Waals surface area contributed by atoms with E-state index in [4.69, 9.17) is 5.73 Å². The highest BCUT2D eigenvalue weighted by Gasteiger charge is 1.95. The third kappa shape index (κ3) is 1.80. The Hall–Kier alpha value is -0.220. The van der Waals surface area contributed by atoms with Crippen LogP contribution in [0.2, 0.25) is 0 Å². The summed E-state index contributed by atoms with van der Waals surface area (Å²) >= 11 is 0. The van der Waals surface area contributed by atoms with E-state index in [1.807, 2.05) is 0 Å². The molecule has 1 rings (SSSR count). The highest BCUT2D eigenvalue weighted by molar-refractivity contribution is 8.93. The first-order valence-corrected chi connectivity index (χ1v) is 1.82. The predicted molar refractivity (Wildman–Crippen MR) is 33.7 cm³/mol. The smallest absolute Gasteiger partial charge is 0.149 e. The largest absolute Gasteiger partial charge is 0.358 e. The second-order valence-electron chi connectivity index (χ2n) is 1.14. The fraction of sp³-hybridized carbons (Fsp3) is 0.333. The van der Waals surface area contributed by atoms with E-state index < -0.39 is 0 Å². The monoisotopic (exact) mass is 165 g/mol. The summed E-state index contributed by atoms with van der Waals surface area (Å²) in [5.74, 6) is 0. The third-order valence-corrected chi connectivity index (χ3v) is 0.635. The summed E-state index contributed by atoms with van der Waals surface area (Å²) in [5.41, 5.74) is 5.25. The molecule has 0 unspecified atom stereocenters. The maximum absolute atomic E-state index is 5.25. The van der Waals surface area contributed by atoms with Gasteiger partial charge in [-0.1, -0.05) is 0 Å². The minimum Gasteiger partial charge on any atom is -0.358 e. The zero-order chi connectivity index (χ0) is 4.41. The van der Waals surface area contributed by atoms with Crippen molar-refractivity contribution in [2.45, 2.75) is 6.29 Å². The first-order valence-electron chi connectivity index (χ1n) is 1.82. The van der Waals surface area contributed by atoms with Gasteiger partial charge in [-0.2, -0.15) is 0 Å². The van der Waals surface area contributed by atoms with E-state index in [9.17, 15) is 0 Å². The number of rotatable bonds is 0. The number of nitrogens with one attached hydrogen (secondary N) is 2. The molecule has 4 heteroatoms. The minimum absolute atomic E-state index is 0. The maximum atomic E-state index is 5.25. The molecule has 0 aromatic heterocycles.